The third-order valence-corrected chi connectivity index (χ3v) is 7.82. The average molecular weight is 555 g/mol. The molecule has 42 heavy (non-hydrogen) atoms. The molecule has 3 aromatic carbocycles. The first-order chi connectivity index (χ1) is 19.8. The molecule has 6 rings (SSSR count). The molecule has 212 valence electrons. The molecule has 0 fully saturated rings. The molecule has 0 aliphatic carbocycles. The molecule has 5 nitrogen and oxygen atoms in total. The quantitative estimate of drug-likeness (QED) is 0.218. The standard InChI is InChI=1S/C37H38N4O/c1-21-17-24(33-39-34(36(4,5)6)41-35(40-33)37(7,8)9)18-22(2)31(21)28-19-29(38-20-23(28)3)27-15-12-14-26-25-13-10-11-16-30(25)42-32(26)27/h10-20H,1-9H3. The number of furan rings is 1. The molecule has 0 saturated carbocycles. The van der Waals surface area contributed by atoms with Gasteiger partial charge in [0.05, 0.1) is 5.69 Å². The number of benzene rings is 3. The molecule has 3 aromatic heterocycles. The van der Waals surface area contributed by atoms with E-state index in [1.807, 2.05) is 24.4 Å². The summed E-state index contributed by atoms with van der Waals surface area (Å²) in [6.45, 7) is 19.3. The van der Waals surface area contributed by atoms with Crippen molar-refractivity contribution in [3.8, 4) is 33.8 Å². The lowest BCUT2D eigenvalue weighted by Crippen LogP contribution is -2.24. The fraction of sp³-hybridized carbons (Fsp3) is 0.297. The van der Waals surface area contributed by atoms with Crippen molar-refractivity contribution in [2.75, 3.05) is 0 Å². The number of rotatable bonds is 3. The van der Waals surface area contributed by atoms with Crippen LogP contribution in [0.5, 0.6) is 0 Å². The number of aromatic nitrogens is 4. The second-order valence-electron chi connectivity index (χ2n) is 13.5. The Hall–Kier alpha value is -4.38. The van der Waals surface area contributed by atoms with Gasteiger partial charge in [-0.3, -0.25) is 4.98 Å². The molecule has 5 heteroatoms. The predicted octanol–water partition coefficient (Wildman–Crippen LogP) is 9.69. The minimum atomic E-state index is -0.186. The number of nitrogens with zero attached hydrogens (tertiary/aromatic N) is 4. The van der Waals surface area contributed by atoms with Gasteiger partial charge in [-0.05, 0) is 78.9 Å². The van der Waals surface area contributed by atoms with E-state index in [1.54, 1.807) is 0 Å². The molecule has 0 N–H and O–H groups in total. The van der Waals surface area contributed by atoms with Gasteiger partial charge in [-0.15, -0.1) is 0 Å². The number of hydrogen-bond acceptors (Lipinski definition) is 5. The van der Waals surface area contributed by atoms with Gasteiger partial charge >= 0.3 is 0 Å². The lowest BCUT2D eigenvalue weighted by Gasteiger charge is -2.23. The van der Waals surface area contributed by atoms with Crippen LogP contribution in [0.3, 0.4) is 0 Å². The van der Waals surface area contributed by atoms with Crippen LogP contribution in [0.15, 0.2) is 71.3 Å². The highest BCUT2D eigenvalue weighted by molar-refractivity contribution is 6.09. The molecule has 6 aromatic rings. The summed E-state index contributed by atoms with van der Waals surface area (Å²) in [6.07, 6.45) is 1.97. The van der Waals surface area contributed by atoms with Crippen molar-refractivity contribution >= 4 is 21.9 Å². The van der Waals surface area contributed by atoms with Crippen LogP contribution in [0, 0.1) is 20.8 Å². The number of aryl methyl sites for hydroxylation is 3. The van der Waals surface area contributed by atoms with Gasteiger partial charge in [0.1, 0.15) is 22.8 Å². The maximum atomic E-state index is 6.33. The largest absolute Gasteiger partial charge is 0.455 e. The number of para-hydroxylation sites is 2. The lowest BCUT2D eigenvalue weighted by atomic mass is 9.90. The molecule has 0 atom stereocenters. The Morgan fingerprint density at radius 3 is 1.88 bits per heavy atom. The summed E-state index contributed by atoms with van der Waals surface area (Å²) >= 11 is 0. The first-order valence-electron chi connectivity index (χ1n) is 14.6. The molecule has 0 aliphatic heterocycles. The molecular weight excluding hydrogens is 516 g/mol. The zero-order valence-corrected chi connectivity index (χ0v) is 26.0. The van der Waals surface area contributed by atoms with Gasteiger partial charge in [-0.1, -0.05) is 71.9 Å². The average Bonchev–Trinajstić information content (AvgIpc) is 3.31. The Morgan fingerprint density at radius 1 is 0.619 bits per heavy atom. The monoisotopic (exact) mass is 554 g/mol. The number of fused-ring (bicyclic) bond motifs is 3. The first-order valence-corrected chi connectivity index (χ1v) is 14.6. The topological polar surface area (TPSA) is 64.7 Å². The van der Waals surface area contributed by atoms with Crippen LogP contribution in [0.25, 0.3) is 55.7 Å². The third-order valence-electron chi connectivity index (χ3n) is 7.82. The third kappa shape index (κ3) is 4.87. The molecule has 0 amide bonds. The van der Waals surface area contributed by atoms with Gasteiger partial charge in [-0.2, -0.15) is 0 Å². The van der Waals surface area contributed by atoms with Crippen LogP contribution in [-0.4, -0.2) is 19.9 Å². The van der Waals surface area contributed by atoms with Gasteiger partial charge in [0.2, 0.25) is 0 Å². The van der Waals surface area contributed by atoms with Crippen LogP contribution < -0.4 is 0 Å². The van der Waals surface area contributed by atoms with Gasteiger partial charge < -0.3 is 4.42 Å². The van der Waals surface area contributed by atoms with Gasteiger partial charge in [0.25, 0.3) is 0 Å². The zero-order valence-electron chi connectivity index (χ0n) is 26.0. The minimum Gasteiger partial charge on any atom is -0.455 e. The Morgan fingerprint density at radius 2 is 1.24 bits per heavy atom. The minimum absolute atomic E-state index is 0.186. The van der Waals surface area contributed by atoms with Crippen molar-refractivity contribution < 1.29 is 4.42 Å². The van der Waals surface area contributed by atoms with E-state index in [-0.39, 0.29) is 10.8 Å². The Kier molecular flexibility index (Phi) is 6.53. The molecule has 0 unspecified atom stereocenters. The second kappa shape index (κ2) is 9.87. The van der Waals surface area contributed by atoms with Gasteiger partial charge in [0.15, 0.2) is 5.82 Å². The van der Waals surface area contributed by atoms with E-state index < -0.39 is 0 Å². The van der Waals surface area contributed by atoms with Crippen LogP contribution >= 0.6 is 0 Å². The maximum absolute atomic E-state index is 6.33. The number of hydrogen-bond donors (Lipinski definition) is 0. The SMILES string of the molecule is Cc1cnc(-c2cccc3c2oc2ccccc23)cc1-c1c(C)cc(-c2nc(C(C)(C)C)nc(C(C)(C)C)n2)cc1C. The summed E-state index contributed by atoms with van der Waals surface area (Å²) in [5.41, 5.74) is 10.1. The lowest BCUT2D eigenvalue weighted by molar-refractivity contribution is 0.497. The Labute approximate surface area is 248 Å². The van der Waals surface area contributed by atoms with Crippen molar-refractivity contribution in [2.24, 2.45) is 0 Å². The van der Waals surface area contributed by atoms with Crippen LogP contribution in [0.1, 0.15) is 69.9 Å². The van der Waals surface area contributed by atoms with Crippen molar-refractivity contribution in [1.29, 1.82) is 0 Å². The first kappa shape index (κ1) is 27.8. The van der Waals surface area contributed by atoms with E-state index in [0.29, 0.717) is 0 Å². The predicted molar refractivity (Wildman–Crippen MR) is 173 cm³/mol. The Balaban J connectivity index is 1.48. The van der Waals surface area contributed by atoms with Crippen LogP contribution in [-0.2, 0) is 10.8 Å². The van der Waals surface area contributed by atoms with Crippen molar-refractivity contribution in [1.82, 2.24) is 19.9 Å². The smallest absolute Gasteiger partial charge is 0.163 e. The highest BCUT2D eigenvalue weighted by atomic mass is 16.3. The molecule has 0 bridgehead atoms. The van der Waals surface area contributed by atoms with Gasteiger partial charge in [-0.25, -0.2) is 15.0 Å². The fourth-order valence-electron chi connectivity index (χ4n) is 5.58. The fourth-order valence-corrected chi connectivity index (χ4v) is 5.58. The van der Waals surface area contributed by atoms with E-state index >= 15 is 0 Å². The van der Waals surface area contributed by atoms with E-state index in [1.165, 1.54) is 16.7 Å². The summed E-state index contributed by atoms with van der Waals surface area (Å²) in [6, 6.07) is 21.1. The van der Waals surface area contributed by atoms with Gasteiger partial charge in [0, 0.05) is 38.9 Å². The van der Waals surface area contributed by atoms with E-state index in [2.05, 4.69) is 105 Å². The van der Waals surface area contributed by atoms with Crippen molar-refractivity contribution in [3.05, 3.63) is 95.2 Å². The summed E-state index contributed by atoms with van der Waals surface area (Å²) < 4.78 is 6.33. The molecular formula is C37H38N4O. The molecule has 0 saturated heterocycles. The molecule has 0 radical (unpaired) electrons. The van der Waals surface area contributed by atoms with Crippen LogP contribution in [0.4, 0.5) is 0 Å². The zero-order chi connectivity index (χ0) is 30.0. The van der Waals surface area contributed by atoms with E-state index in [0.717, 1.165) is 67.4 Å². The van der Waals surface area contributed by atoms with Crippen molar-refractivity contribution in [2.45, 2.75) is 73.1 Å². The Bertz CT molecular complexity index is 1930. The molecule has 0 aliphatic rings. The van der Waals surface area contributed by atoms with Crippen molar-refractivity contribution in [3.63, 3.8) is 0 Å². The van der Waals surface area contributed by atoms with E-state index in [4.69, 9.17) is 24.4 Å². The summed E-state index contributed by atoms with van der Waals surface area (Å²) in [7, 11) is 0. The van der Waals surface area contributed by atoms with Crippen LogP contribution in [0.2, 0.25) is 0 Å². The summed E-state index contributed by atoms with van der Waals surface area (Å²) in [4.78, 5) is 19.6. The molecule has 3 heterocycles. The summed E-state index contributed by atoms with van der Waals surface area (Å²) in [5, 5.41) is 2.22. The number of pyridine rings is 1. The second-order valence-corrected chi connectivity index (χ2v) is 13.5. The highest BCUT2D eigenvalue weighted by Gasteiger charge is 2.26. The molecule has 0 spiro atoms. The highest BCUT2D eigenvalue weighted by Crippen LogP contribution is 2.39. The normalized spacial score (nSPS) is 12.4. The summed E-state index contributed by atoms with van der Waals surface area (Å²) in [5.74, 6) is 2.35. The maximum Gasteiger partial charge on any atom is 0.163 e. The van der Waals surface area contributed by atoms with E-state index in [9.17, 15) is 0 Å².